The maximum Gasteiger partial charge on any atom is 0.254 e. The minimum atomic E-state index is -0.236. The van der Waals surface area contributed by atoms with Crippen LogP contribution in [0.3, 0.4) is 0 Å². The lowest BCUT2D eigenvalue weighted by Crippen LogP contribution is -2.40. The molecule has 29 heavy (non-hydrogen) atoms. The van der Waals surface area contributed by atoms with Crippen molar-refractivity contribution in [2.75, 3.05) is 0 Å². The number of hydrogen-bond acceptors (Lipinski definition) is 4. The molecule has 1 aromatic heterocycles. The van der Waals surface area contributed by atoms with Crippen molar-refractivity contribution in [1.82, 2.24) is 5.01 Å². The lowest BCUT2D eigenvalue weighted by molar-refractivity contribution is -0.140. The van der Waals surface area contributed by atoms with Gasteiger partial charge in [0.15, 0.2) is 0 Å². The van der Waals surface area contributed by atoms with E-state index >= 15 is 0 Å². The minimum Gasteiger partial charge on any atom is -0.455 e. The molecular weight excluding hydrogens is 388 g/mol. The predicted molar refractivity (Wildman–Crippen MR) is 108 cm³/mol. The molecule has 4 aliphatic carbocycles. The third-order valence-corrected chi connectivity index (χ3v) is 7.27. The Kier molecular flexibility index (Phi) is 3.52. The van der Waals surface area contributed by atoms with Gasteiger partial charge < -0.3 is 4.42 Å². The summed E-state index contributed by atoms with van der Waals surface area (Å²) in [6, 6.07) is 9.23. The molecule has 2 aromatic rings. The van der Waals surface area contributed by atoms with Gasteiger partial charge in [0, 0.05) is 10.6 Å². The average Bonchev–Trinajstić information content (AvgIpc) is 3.36. The fourth-order valence-electron chi connectivity index (χ4n) is 5.60. The molecule has 2 saturated carbocycles. The van der Waals surface area contributed by atoms with Crippen LogP contribution >= 0.6 is 11.6 Å². The number of furan rings is 1. The van der Waals surface area contributed by atoms with Crippen molar-refractivity contribution in [3.8, 4) is 11.3 Å². The highest BCUT2D eigenvalue weighted by molar-refractivity contribution is 6.30. The molecule has 7 rings (SSSR count). The summed E-state index contributed by atoms with van der Waals surface area (Å²) in [6.45, 7) is 1.98. The van der Waals surface area contributed by atoms with Crippen molar-refractivity contribution in [1.29, 1.82) is 0 Å². The van der Waals surface area contributed by atoms with E-state index in [1.54, 1.807) is 6.07 Å². The number of carbonyl (C=O) groups excluding carboxylic acids is 2. The number of allylic oxidation sites excluding steroid dienone is 2. The van der Waals surface area contributed by atoms with Gasteiger partial charge in [0.1, 0.15) is 11.5 Å². The number of aryl methyl sites for hydroxylation is 1. The number of hydrogen-bond donors (Lipinski definition) is 0. The first-order valence-electron chi connectivity index (χ1n) is 9.99. The molecular formula is C23H19ClN2O3. The Morgan fingerprint density at radius 3 is 2.45 bits per heavy atom. The van der Waals surface area contributed by atoms with Crippen LogP contribution in [0, 0.1) is 42.4 Å². The topological polar surface area (TPSA) is 62.9 Å². The molecule has 6 heteroatoms. The lowest BCUT2D eigenvalue weighted by Gasteiger charge is -2.37. The van der Waals surface area contributed by atoms with Crippen molar-refractivity contribution in [2.45, 2.75) is 13.3 Å². The van der Waals surface area contributed by atoms with Gasteiger partial charge in [0.25, 0.3) is 11.8 Å². The van der Waals surface area contributed by atoms with E-state index in [1.165, 1.54) is 6.21 Å². The smallest absolute Gasteiger partial charge is 0.254 e. The number of hydrazone groups is 1. The van der Waals surface area contributed by atoms with Gasteiger partial charge in [-0.1, -0.05) is 29.8 Å². The van der Waals surface area contributed by atoms with Crippen LogP contribution in [0.1, 0.15) is 17.7 Å². The Bertz CT molecular complexity index is 1080. The van der Waals surface area contributed by atoms with E-state index in [0.717, 1.165) is 22.6 Å². The molecule has 2 heterocycles. The van der Waals surface area contributed by atoms with Crippen LogP contribution < -0.4 is 0 Å². The zero-order chi connectivity index (χ0) is 19.9. The molecule has 6 atom stereocenters. The molecule has 146 valence electrons. The van der Waals surface area contributed by atoms with Crippen molar-refractivity contribution in [3.63, 3.8) is 0 Å². The first-order valence-corrected chi connectivity index (χ1v) is 10.4. The number of benzene rings is 1. The lowest BCUT2D eigenvalue weighted by atomic mass is 9.63. The summed E-state index contributed by atoms with van der Waals surface area (Å²) in [5.41, 5.74) is 1.95. The van der Waals surface area contributed by atoms with Gasteiger partial charge in [-0.2, -0.15) is 10.1 Å². The van der Waals surface area contributed by atoms with Crippen molar-refractivity contribution < 1.29 is 14.0 Å². The second-order valence-corrected chi connectivity index (χ2v) is 8.99. The molecule has 0 N–H and O–H groups in total. The summed E-state index contributed by atoms with van der Waals surface area (Å²) < 4.78 is 5.86. The third kappa shape index (κ3) is 2.43. The largest absolute Gasteiger partial charge is 0.455 e. The Balaban J connectivity index is 1.26. The monoisotopic (exact) mass is 406 g/mol. The van der Waals surface area contributed by atoms with E-state index in [0.29, 0.717) is 28.4 Å². The number of halogens is 1. The van der Waals surface area contributed by atoms with E-state index in [-0.39, 0.29) is 35.5 Å². The Morgan fingerprint density at radius 2 is 1.76 bits per heavy atom. The second kappa shape index (κ2) is 5.92. The van der Waals surface area contributed by atoms with Gasteiger partial charge in [0.05, 0.1) is 18.1 Å². The number of rotatable bonds is 3. The molecule has 1 aliphatic heterocycles. The molecule has 3 fully saturated rings. The average molecular weight is 407 g/mol. The third-order valence-electron chi connectivity index (χ3n) is 7.03. The van der Waals surface area contributed by atoms with Crippen LogP contribution in [0.2, 0.25) is 5.02 Å². The van der Waals surface area contributed by atoms with Gasteiger partial charge in [-0.3, -0.25) is 9.59 Å². The highest BCUT2D eigenvalue weighted by Crippen LogP contribution is 2.65. The number of amides is 2. The van der Waals surface area contributed by atoms with Crippen LogP contribution in [0.4, 0.5) is 0 Å². The Morgan fingerprint density at radius 1 is 1.07 bits per heavy atom. The van der Waals surface area contributed by atoms with E-state index in [4.69, 9.17) is 16.0 Å². The standard InChI is InChI=1S/C23H19ClN2O3/c1-11-2-3-12(24)8-16(11)19-7-4-13(29-19)10-25-26-22(27)20-14-5-6-15(18-9-17(14)18)21(20)23(26)28/h2-8,10,14-15,17-18,20-21H,9H2,1H3/b25-10-/t14-,15-,17-,18-,20-,21+/m1/s1. The van der Waals surface area contributed by atoms with Gasteiger partial charge in [-0.15, -0.1) is 0 Å². The summed E-state index contributed by atoms with van der Waals surface area (Å²) in [6.07, 6.45) is 6.92. The zero-order valence-electron chi connectivity index (χ0n) is 15.8. The fraction of sp³-hybridized carbons (Fsp3) is 0.348. The molecule has 5 aliphatic rings. The van der Waals surface area contributed by atoms with Gasteiger partial charge in [0.2, 0.25) is 0 Å². The predicted octanol–water partition coefficient (Wildman–Crippen LogP) is 4.30. The highest BCUT2D eigenvalue weighted by atomic mass is 35.5. The number of carbonyl (C=O) groups is 2. The van der Waals surface area contributed by atoms with Gasteiger partial charge in [-0.05, 0) is 66.8 Å². The van der Waals surface area contributed by atoms with Crippen LogP contribution in [-0.2, 0) is 9.59 Å². The molecule has 0 unspecified atom stereocenters. The molecule has 1 saturated heterocycles. The van der Waals surface area contributed by atoms with E-state index in [9.17, 15) is 9.59 Å². The van der Waals surface area contributed by atoms with E-state index in [2.05, 4.69) is 17.3 Å². The summed E-state index contributed by atoms with van der Waals surface area (Å²) in [4.78, 5) is 25.9. The SMILES string of the molecule is Cc1ccc(Cl)cc1-c1ccc(/C=N\N2C(=O)[C@@H]3[C@@H]4C=C[C@H]([C@H]5C[C@H]45)[C@@H]3C2=O)o1. The van der Waals surface area contributed by atoms with E-state index < -0.39 is 0 Å². The fourth-order valence-corrected chi connectivity index (χ4v) is 5.77. The normalized spacial score (nSPS) is 34.2. The van der Waals surface area contributed by atoms with Gasteiger partial charge in [-0.25, -0.2) is 0 Å². The summed E-state index contributed by atoms with van der Waals surface area (Å²) >= 11 is 6.10. The number of nitrogens with zero attached hydrogens (tertiary/aromatic N) is 2. The van der Waals surface area contributed by atoms with Crippen molar-refractivity contribution in [2.24, 2.45) is 40.6 Å². The minimum absolute atomic E-state index is 0.168. The van der Waals surface area contributed by atoms with Crippen LogP contribution in [0.5, 0.6) is 0 Å². The second-order valence-electron chi connectivity index (χ2n) is 8.55. The molecule has 2 amide bonds. The Hall–Kier alpha value is -2.66. The first-order chi connectivity index (χ1) is 14.0. The molecule has 5 nitrogen and oxygen atoms in total. The molecule has 0 spiro atoms. The summed E-state index contributed by atoms with van der Waals surface area (Å²) in [5, 5.41) is 5.93. The van der Waals surface area contributed by atoms with Crippen molar-refractivity contribution >= 4 is 29.6 Å². The number of imide groups is 1. The summed E-state index contributed by atoms with van der Waals surface area (Å²) in [5.74, 6) is 1.91. The summed E-state index contributed by atoms with van der Waals surface area (Å²) in [7, 11) is 0. The van der Waals surface area contributed by atoms with Crippen LogP contribution in [-0.4, -0.2) is 23.0 Å². The Labute approximate surface area is 173 Å². The molecule has 1 aromatic carbocycles. The maximum absolute atomic E-state index is 12.9. The molecule has 2 bridgehead atoms. The first kappa shape index (κ1) is 17.2. The zero-order valence-corrected chi connectivity index (χ0v) is 16.5. The highest BCUT2D eigenvalue weighted by Gasteiger charge is 2.67. The quantitative estimate of drug-likeness (QED) is 0.434. The van der Waals surface area contributed by atoms with Crippen LogP contribution in [0.15, 0.2) is 52.0 Å². The molecule has 0 radical (unpaired) electrons. The van der Waals surface area contributed by atoms with E-state index in [1.807, 2.05) is 31.2 Å². The maximum atomic E-state index is 12.9. The van der Waals surface area contributed by atoms with Gasteiger partial charge >= 0.3 is 0 Å². The van der Waals surface area contributed by atoms with Crippen molar-refractivity contribution in [3.05, 3.63) is 58.8 Å². The van der Waals surface area contributed by atoms with Crippen LogP contribution in [0.25, 0.3) is 11.3 Å².